The van der Waals surface area contributed by atoms with Gasteiger partial charge >= 0.3 is 18.1 Å². The number of aromatic carboxylic acids is 1. The third-order valence-electron chi connectivity index (χ3n) is 3.85. The summed E-state index contributed by atoms with van der Waals surface area (Å²) in [6.45, 7) is -0.655. The zero-order valence-corrected chi connectivity index (χ0v) is 14.4. The van der Waals surface area contributed by atoms with E-state index >= 15 is 0 Å². The zero-order valence-electron chi connectivity index (χ0n) is 14.4. The van der Waals surface area contributed by atoms with Crippen molar-refractivity contribution >= 4 is 34.4 Å². The lowest BCUT2D eigenvalue weighted by molar-refractivity contribution is -0.170. The van der Waals surface area contributed by atoms with Gasteiger partial charge in [-0.1, -0.05) is 0 Å². The number of amides is 1. The molecular formula is C17H12F3N5O4. The molecule has 0 saturated carbocycles. The van der Waals surface area contributed by atoms with Crippen LogP contribution in [0.3, 0.4) is 0 Å². The lowest BCUT2D eigenvalue weighted by Gasteiger charge is -2.23. The molecule has 1 aromatic carbocycles. The number of benzene rings is 1. The molecule has 0 saturated heterocycles. The van der Waals surface area contributed by atoms with E-state index in [-0.39, 0.29) is 33.8 Å². The van der Waals surface area contributed by atoms with E-state index in [1.807, 2.05) is 0 Å². The highest BCUT2D eigenvalue weighted by atomic mass is 19.4. The van der Waals surface area contributed by atoms with E-state index in [1.54, 1.807) is 0 Å². The van der Waals surface area contributed by atoms with Crippen LogP contribution in [0.2, 0.25) is 0 Å². The Morgan fingerprint density at radius 1 is 1.21 bits per heavy atom. The Labute approximate surface area is 159 Å². The van der Waals surface area contributed by atoms with E-state index < -0.39 is 30.2 Å². The molecule has 0 bridgehead atoms. The highest BCUT2D eigenvalue weighted by molar-refractivity contribution is 5.97. The van der Waals surface area contributed by atoms with Crippen molar-refractivity contribution in [3.8, 4) is 0 Å². The first-order chi connectivity index (χ1) is 13.6. The van der Waals surface area contributed by atoms with Crippen molar-refractivity contribution in [2.45, 2.75) is 12.7 Å². The number of carbonyl (C=O) groups excluding carboxylic acids is 1. The van der Waals surface area contributed by atoms with Crippen LogP contribution in [0, 0.1) is 0 Å². The molecule has 0 radical (unpaired) electrons. The summed E-state index contributed by atoms with van der Waals surface area (Å²) in [4.78, 5) is 45.4. The number of hydrogen-bond donors (Lipinski definition) is 3. The number of fused-ring (bicyclic) bond motifs is 1. The molecule has 3 aromatic rings. The number of nitrogens with zero attached hydrogens (tertiary/aromatic N) is 3. The molecule has 2 aromatic heterocycles. The summed E-state index contributed by atoms with van der Waals surface area (Å²) >= 11 is 0. The number of rotatable bonds is 4. The van der Waals surface area contributed by atoms with E-state index in [0.717, 1.165) is 30.5 Å². The average molecular weight is 407 g/mol. The van der Waals surface area contributed by atoms with E-state index in [0.29, 0.717) is 4.90 Å². The topological polar surface area (TPSA) is 142 Å². The lowest BCUT2D eigenvalue weighted by atomic mass is 10.2. The van der Waals surface area contributed by atoms with Gasteiger partial charge in [-0.05, 0) is 24.3 Å². The average Bonchev–Trinajstić information content (AvgIpc) is 2.65. The molecule has 0 aliphatic heterocycles. The number of H-pyrrole nitrogens is 1. The van der Waals surface area contributed by atoms with Gasteiger partial charge in [0.15, 0.2) is 5.52 Å². The number of halogens is 3. The maximum absolute atomic E-state index is 13.1. The number of nitrogen functional groups attached to an aromatic ring is 1. The summed E-state index contributed by atoms with van der Waals surface area (Å²) in [7, 11) is 0. The number of alkyl halides is 3. The zero-order chi connectivity index (χ0) is 21.3. The number of aromatic amines is 1. The smallest absolute Gasteiger partial charge is 0.471 e. The summed E-state index contributed by atoms with van der Waals surface area (Å²) in [6.07, 6.45) is -4.08. The van der Waals surface area contributed by atoms with Crippen LogP contribution < -0.4 is 16.2 Å². The second kappa shape index (κ2) is 7.22. The van der Waals surface area contributed by atoms with Crippen LogP contribution in [0.5, 0.6) is 0 Å². The van der Waals surface area contributed by atoms with Gasteiger partial charge < -0.3 is 15.8 Å². The number of pyridine rings is 1. The molecule has 0 fully saturated rings. The van der Waals surface area contributed by atoms with Crippen molar-refractivity contribution in [3.63, 3.8) is 0 Å². The minimum atomic E-state index is -5.19. The van der Waals surface area contributed by atoms with Crippen molar-refractivity contribution < 1.29 is 27.9 Å². The summed E-state index contributed by atoms with van der Waals surface area (Å²) < 4.78 is 39.2. The minimum Gasteiger partial charge on any atom is -0.478 e. The van der Waals surface area contributed by atoms with Crippen LogP contribution in [0.4, 0.5) is 24.7 Å². The summed E-state index contributed by atoms with van der Waals surface area (Å²) in [5, 5.41) is 8.91. The SMILES string of the molecule is Nc1cc2ncc(CN(C(=O)C(F)(F)F)c3ccc(C(=O)O)cc3)nc2c(=O)[nH]1. The maximum Gasteiger partial charge on any atom is 0.471 e. The Morgan fingerprint density at radius 2 is 1.86 bits per heavy atom. The van der Waals surface area contributed by atoms with Crippen molar-refractivity contribution in [1.82, 2.24) is 15.0 Å². The van der Waals surface area contributed by atoms with Crippen molar-refractivity contribution in [3.05, 3.63) is 58.1 Å². The summed E-state index contributed by atoms with van der Waals surface area (Å²) in [5.41, 5.74) is 4.33. The van der Waals surface area contributed by atoms with Gasteiger partial charge in [0.1, 0.15) is 5.82 Å². The molecule has 2 heterocycles. The predicted molar refractivity (Wildman–Crippen MR) is 95.2 cm³/mol. The van der Waals surface area contributed by atoms with Crippen LogP contribution in [-0.4, -0.2) is 38.1 Å². The van der Waals surface area contributed by atoms with Crippen molar-refractivity contribution in [2.75, 3.05) is 10.6 Å². The van der Waals surface area contributed by atoms with Gasteiger partial charge in [0.2, 0.25) is 0 Å². The quantitative estimate of drug-likeness (QED) is 0.597. The van der Waals surface area contributed by atoms with Crippen molar-refractivity contribution in [1.29, 1.82) is 0 Å². The number of nitrogens with one attached hydrogen (secondary N) is 1. The molecule has 0 spiro atoms. The fraction of sp³-hybridized carbons (Fsp3) is 0.118. The third kappa shape index (κ3) is 4.15. The molecule has 4 N–H and O–H groups in total. The molecule has 0 atom stereocenters. The fourth-order valence-corrected chi connectivity index (χ4v) is 2.54. The maximum atomic E-state index is 13.1. The Balaban J connectivity index is 2.03. The molecule has 9 nitrogen and oxygen atoms in total. The van der Waals surface area contributed by atoms with Crippen molar-refractivity contribution in [2.24, 2.45) is 0 Å². The van der Waals surface area contributed by atoms with E-state index in [1.165, 1.54) is 6.07 Å². The van der Waals surface area contributed by atoms with Gasteiger partial charge in [0.05, 0.1) is 29.5 Å². The second-order valence-electron chi connectivity index (χ2n) is 5.89. The Morgan fingerprint density at radius 3 is 2.45 bits per heavy atom. The first-order valence-electron chi connectivity index (χ1n) is 7.93. The molecule has 0 aliphatic carbocycles. The number of nitrogens with two attached hydrogens (primary N) is 1. The van der Waals surface area contributed by atoms with E-state index in [2.05, 4.69) is 15.0 Å². The first-order valence-corrected chi connectivity index (χ1v) is 7.93. The standard InChI is InChI=1S/C17H12F3N5O4/c18-17(19,20)16(29)25(10-3-1-8(2-4-10)15(27)28)7-9-6-22-11-5-12(21)24-14(26)13(11)23-9/h1-6H,7H2,(H,27,28)(H3,21,24,26). The molecule has 1 amide bonds. The fourth-order valence-electron chi connectivity index (χ4n) is 2.54. The van der Waals surface area contributed by atoms with Gasteiger partial charge in [0, 0.05) is 11.8 Å². The van der Waals surface area contributed by atoms with E-state index in [9.17, 15) is 27.6 Å². The largest absolute Gasteiger partial charge is 0.478 e. The minimum absolute atomic E-state index is 0.0388. The number of carboxylic acids is 1. The van der Waals surface area contributed by atoms with Crippen LogP contribution in [-0.2, 0) is 11.3 Å². The number of aromatic nitrogens is 3. The van der Waals surface area contributed by atoms with Gasteiger partial charge in [-0.15, -0.1) is 0 Å². The van der Waals surface area contributed by atoms with Crippen LogP contribution in [0.1, 0.15) is 16.1 Å². The Bertz CT molecular complexity index is 1160. The van der Waals surface area contributed by atoms with Gasteiger partial charge in [-0.2, -0.15) is 13.2 Å². The number of carboxylic acid groups (broad SMARTS) is 1. The highest BCUT2D eigenvalue weighted by Crippen LogP contribution is 2.26. The molecule has 0 unspecified atom stereocenters. The second-order valence-corrected chi connectivity index (χ2v) is 5.89. The molecule has 12 heteroatoms. The lowest BCUT2D eigenvalue weighted by Crippen LogP contribution is -2.41. The molecular weight excluding hydrogens is 395 g/mol. The van der Waals surface area contributed by atoms with E-state index in [4.69, 9.17) is 10.8 Å². The van der Waals surface area contributed by atoms with Gasteiger partial charge in [-0.25, -0.2) is 9.78 Å². The molecule has 3 rings (SSSR count). The number of hydrogen-bond acceptors (Lipinski definition) is 6. The molecule has 150 valence electrons. The van der Waals surface area contributed by atoms with Gasteiger partial charge in [0.25, 0.3) is 5.56 Å². The van der Waals surface area contributed by atoms with Crippen LogP contribution in [0.25, 0.3) is 11.0 Å². The monoisotopic (exact) mass is 407 g/mol. The molecule has 29 heavy (non-hydrogen) atoms. The third-order valence-corrected chi connectivity index (χ3v) is 3.85. The summed E-state index contributed by atoms with van der Waals surface area (Å²) in [6, 6.07) is 5.59. The van der Waals surface area contributed by atoms with Crippen LogP contribution >= 0.6 is 0 Å². The van der Waals surface area contributed by atoms with Gasteiger partial charge in [-0.3, -0.25) is 19.5 Å². The Kier molecular flexibility index (Phi) is 4.93. The Hall–Kier alpha value is -3.96. The number of anilines is 2. The number of carbonyl (C=O) groups is 2. The first kappa shape index (κ1) is 19.8. The molecule has 0 aliphatic rings. The summed E-state index contributed by atoms with van der Waals surface area (Å²) in [5.74, 6) is -3.42. The highest BCUT2D eigenvalue weighted by Gasteiger charge is 2.43. The normalized spacial score (nSPS) is 11.4. The van der Waals surface area contributed by atoms with Crippen LogP contribution in [0.15, 0.2) is 41.3 Å². The predicted octanol–water partition coefficient (Wildman–Crippen LogP) is 1.69.